The summed E-state index contributed by atoms with van der Waals surface area (Å²) in [5.41, 5.74) is 2.76. The van der Waals surface area contributed by atoms with Crippen LogP contribution in [0.25, 0.3) is 0 Å². The number of carbonyl (C=O) groups is 1. The van der Waals surface area contributed by atoms with Gasteiger partial charge in [0.05, 0.1) is 14.2 Å². The summed E-state index contributed by atoms with van der Waals surface area (Å²) in [5.74, 6) is 1.62. The number of hydrogen-bond acceptors (Lipinski definition) is 3. The van der Waals surface area contributed by atoms with Crippen LogP contribution in [-0.2, 0) is 6.42 Å². The molecule has 0 heterocycles. The molecule has 0 radical (unpaired) electrons. The van der Waals surface area contributed by atoms with E-state index in [4.69, 9.17) is 9.47 Å². The summed E-state index contributed by atoms with van der Waals surface area (Å²) in [7, 11) is 3.30. The van der Waals surface area contributed by atoms with Crippen molar-refractivity contribution in [3.8, 4) is 11.5 Å². The number of hydrogen-bond donors (Lipinski definition) is 1. The van der Waals surface area contributed by atoms with Crippen LogP contribution in [0.3, 0.4) is 0 Å². The van der Waals surface area contributed by atoms with Crippen LogP contribution in [0.1, 0.15) is 27.9 Å². The SMILES string of the molecule is COc1ccc(C(=O)NCCCc2ccccc2OC)cc1C. The van der Waals surface area contributed by atoms with E-state index < -0.39 is 0 Å². The highest BCUT2D eigenvalue weighted by Gasteiger charge is 2.08. The zero-order valence-electron chi connectivity index (χ0n) is 13.9. The van der Waals surface area contributed by atoms with E-state index in [0.717, 1.165) is 35.5 Å². The molecule has 23 heavy (non-hydrogen) atoms. The molecule has 0 aliphatic rings. The fourth-order valence-electron chi connectivity index (χ4n) is 2.51. The molecule has 122 valence electrons. The number of benzene rings is 2. The lowest BCUT2D eigenvalue weighted by molar-refractivity contribution is 0.0953. The standard InChI is InChI=1S/C19H23NO3/c1-14-13-16(10-11-17(14)22-2)19(21)20-12-6-8-15-7-4-5-9-18(15)23-3/h4-5,7,9-11,13H,6,8,12H2,1-3H3,(H,20,21). The Bertz CT molecular complexity index is 667. The molecule has 0 aromatic heterocycles. The Morgan fingerprint density at radius 3 is 2.48 bits per heavy atom. The summed E-state index contributed by atoms with van der Waals surface area (Å²) in [6.07, 6.45) is 1.73. The molecular formula is C19H23NO3. The molecule has 0 unspecified atom stereocenters. The van der Waals surface area contributed by atoms with E-state index in [1.807, 2.05) is 43.3 Å². The number of carbonyl (C=O) groups excluding carboxylic acids is 1. The van der Waals surface area contributed by atoms with E-state index in [9.17, 15) is 4.79 Å². The number of aryl methyl sites for hydroxylation is 2. The fraction of sp³-hybridized carbons (Fsp3) is 0.316. The average molecular weight is 313 g/mol. The molecule has 0 aliphatic carbocycles. The van der Waals surface area contributed by atoms with E-state index in [0.29, 0.717) is 12.1 Å². The highest BCUT2D eigenvalue weighted by atomic mass is 16.5. The predicted molar refractivity (Wildman–Crippen MR) is 91.4 cm³/mol. The zero-order valence-corrected chi connectivity index (χ0v) is 13.9. The van der Waals surface area contributed by atoms with Gasteiger partial charge in [-0.15, -0.1) is 0 Å². The lowest BCUT2D eigenvalue weighted by Gasteiger charge is -2.10. The Labute approximate surface area is 137 Å². The van der Waals surface area contributed by atoms with Gasteiger partial charge in [0, 0.05) is 12.1 Å². The minimum Gasteiger partial charge on any atom is -0.496 e. The van der Waals surface area contributed by atoms with Crippen molar-refractivity contribution in [2.24, 2.45) is 0 Å². The van der Waals surface area contributed by atoms with Gasteiger partial charge in [-0.1, -0.05) is 18.2 Å². The van der Waals surface area contributed by atoms with Crippen molar-refractivity contribution in [2.75, 3.05) is 20.8 Å². The molecule has 0 fully saturated rings. The van der Waals surface area contributed by atoms with Crippen molar-refractivity contribution in [1.29, 1.82) is 0 Å². The zero-order chi connectivity index (χ0) is 16.7. The van der Waals surface area contributed by atoms with Crippen LogP contribution in [0, 0.1) is 6.92 Å². The summed E-state index contributed by atoms with van der Waals surface area (Å²) in [6.45, 7) is 2.55. The topological polar surface area (TPSA) is 47.6 Å². The number of ether oxygens (including phenoxy) is 2. The fourth-order valence-corrected chi connectivity index (χ4v) is 2.51. The van der Waals surface area contributed by atoms with Crippen molar-refractivity contribution < 1.29 is 14.3 Å². The third-order valence-electron chi connectivity index (χ3n) is 3.76. The van der Waals surface area contributed by atoms with Crippen LogP contribution in [0.2, 0.25) is 0 Å². The normalized spacial score (nSPS) is 10.2. The van der Waals surface area contributed by atoms with Gasteiger partial charge < -0.3 is 14.8 Å². The van der Waals surface area contributed by atoms with Crippen molar-refractivity contribution in [2.45, 2.75) is 19.8 Å². The second kappa shape index (κ2) is 8.22. The van der Waals surface area contributed by atoms with Crippen molar-refractivity contribution in [3.63, 3.8) is 0 Å². The monoisotopic (exact) mass is 313 g/mol. The van der Waals surface area contributed by atoms with Gasteiger partial charge in [0.2, 0.25) is 0 Å². The first-order valence-corrected chi connectivity index (χ1v) is 7.70. The second-order valence-electron chi connectivity index (χ2n) is 5.36. The van der Waals surface area contributed by atoms with Gasteiger partial charge in [-0.2, -0.15) is 0 Å². The van der Waals surface area contributed by atoms with E-state index in [-0.39, 0.29) is 5.91 Å². The van der Waals surface area contributed by atoms with Gasteiger partial charge in [-0.25, -0.2) is 0 Å². The van der Waals surface area contributed by atoms with E-state index in [2.05, 4.69) is 5.32 Å². The lowest BCUT2D eigenvalue weighted by Crippen LogP contribution is -2.24. The molecule has 0 atom stereocenters. The first-order valence-electron chi connectivity index (χ1n) is 7.70. The Morgan fingerprint density at radius 2 is 1.78 bits per heavy atom. The summed E-state index contributed by atoms with van der Waals surface area (Å²) in [4.78, 5) is 12.2. The Balaban J connectivity index is 1.84. The molecular weight excluding hydrogens is 290 g/mol. The van der Waals surface area contributed by atoms with Crippen LogP contribution in [0.5, 0.6) is 11.5 Å². The summed E-state index contributed by atoms with van der Waals surface area (Å²) in [6, 6.07) is 13.4. The Hall–Kier alpha value is -2.49. The van der Waals surface area contributed by atoms with E-state index >= 15 is 0 Å². The van der Waals surface area contributed by atoms with Gasteiger partial charge in [0.1, 0.15) is 11.5 Å². The molecule has 0 spiro atoms. The Morgan fingerprint density at radius 1 is 1.04 bits per heavy atom. The molecule has 2 rings (SSSR count). The molecule has 0 saturated carbocycles. The van der Waals surface area contributed by atoms with Gasteiger partial charge in [-0.3, -0.25) is 4.79 Å². The van der Waals surface area contributed by atoms with Crippen LogP contribution >= 0.6 is 0 Å². The first-order chi connectivity index (χ1) is 11.2. The van der Waals surface area contributed by atoms with Crippen molar-refractivity contribution >= 4 is 5.91 Å². The average Bonchev–Trinajstić information content (AvgIpc) is 2.58. The quantitative estimate of drug-likeness (QED) is 0.797. The third kappa shape index (κ3) is 4.49. The maximum atomic E-state index is 12.2. The maximum absolute atomic E-state index is 12.2. The van der Waals surface area contributed by atoms with Crippen LogP contribution < -0.4 is 14.8 Å². The largest absolute Gasteiger partial charge is 0.496 e. The number of rotatable bonds is 7. The second-order valence-corrected chi connectivity index (χ2v) is 5.36. The highest BCUT2D eigenvalue weighted by molar-refractivity contribution is 5.94. The van der Waals surface area contributed by atoms with Crippen LogP contribution in [0.15, 0.2) is 42.5 Å². The maximum Gasteiger partial charge on any atom is 0.251 e. The number of nitrogens with one attached hydrogen (secondary N) is 1. The Kier molecular flexibility index (Phi) is 6.03. The summed E-state index contributed by atoms with van der Waals surface area (Å²) in [5, 5.41) is 2.95. The summed E-state index contributed by atoms with van der Waals surface area (Å²) < 4.78 is 10.5. The predicted octanol–water partition coefficient (Wildman–Crippen LogP) is 3.37. The molecule has 4 nitrogen and oxygen atoms in total. The minimum atomic E-state index is -0.0595. The van der Waals surface area contributed by atoms with Gasteiger partial charge in [0.25, 0.3) is 5.91 Å². The number of methoxy groups -OCH3 is 2. The van der Waals surface area contributed by atoms with Gasteiger partial charge in [0.15, 0.2) is 0 Å². The van der Waals surface area contributed by atoms with Gasteiger partial charge in [-0.05, 0) is 55.2 Å². The van der Waals surface area contributed by atoms with E-state index in [1.165, 1.54) is 0 Å². The van der Waals surface area contributed by atoms with E-state index in [1.54, 1.807) is 20.3 Å². The number of amides is 1. The lowest BCUT2D eigenvalue weighted by atomic mass is 10.1. The molecule has 0 aliphatic heterocycles. The van der Waals surface area contributed by atoms with Crippen molar-refractivity contribution in [3.05, 3.63) is 59.2 Å². The van der Waals surface area contributed by atoms with Crippen molar-refractivity contribution in [1.82, 2.24) is 5.32 Å². The van der Waals surface area contributed by atoms with Crippen LogP contribution in [0.4, 0.5) is 0 Å². The molecule has 4 heteroatoms. The first kappa shape index (κ1) is 16.9. The molecule has 2 aromatic carbocycles. The van der Waals surface area contributed by atoms with Gasteiger partial charge >= 0.3 is 0 Å². The molecule has 1 N–H and O–H groups in total. The molecule has 0 saturated heterocycles. The molecule has 2 aromatic rings. The highest BCUT2D eigenvalue weighted by Crippen LogP contribution is 2.19. The third-order valence-corrected chi connectivity index (χ3v) is 3.76. The number of para-hydroxylation sites is 1. The molecule has 0 bridgehead atoms. The van der Waals surface area contributed by atoms with Crippen LogP contribution in [-0.4, -0.2) is 26.7 Å². The molecule has 1 amide bonds. The summed E-state index contributed by atoms with van der Waals surface area (Å²) >= 11 is 0. The minimum absolute atomic E-state index is 0.0595. The smallest absolute Gasteiger partial charge is 0.251 e.